The van der Waals surface area contributed by atoms with Crippen LogP contribution in [0.3, 0.4) is 0 Å². The Kier molecular flexibility index (Phi) is 8.26. The van der Waals surface area contributed by atoms with Gasteiger partial charge in [0.1, 0.15) is 5.75 Å². The van der Waals surface area contributed by atoms with Crippen LogP contribution in [0.25, 0.3) is 0 Å². The zero-order valence-electron chi connectivity index (χ0n) is 18.9. The Morgan fingerprint density at radius 1 is 1.15 bits per heavy atom. The number of aryl methyl sites for hydroxylation is 1. The molecule has 0 bridgehead atoms. The number of hydrogen-bond acceptors (Lipinski definition) is 6. The van der Waals surface area contributed by atoms with E-state index >= 15 is 0 Å². The lowest BCUT2D eigenvalue weighted by Gasteiger charge is -2.15. The molecule has 1 atom stereocenters. The number of ether oxygens (including phenoxy) is 1. The molecule has 2 N–H and O–H groups in total. The summed E-state index contributed by atoms with van der Waals surface area (Å²) in [6, 6.07) is 14.1. The number of methoxy groups -OCH3 is 1. The Hall–Kier alpha value is -3.59. The number of hydrogen-bond donors (Lipinski definition) is 2. The van der Waals surface area contributed by atoms with Crippen LogP contribution in [0.15, 0.2) is 66.3 Å². The molecule has 33 heavy (non-hydrogen) atoms. The van der Waals surface area contributed by atoms with Gasteiger partial charge in [-0.15, -0.1) is 16.8 Å². The topological polar surface area (TPSA) is 98.1 Å². The summed E-state index contributed by atoms with van der Waals surface area (Å²) in [5.74, 6) is 1.07. The van der Waals surface area contributed by atoms with Gasteiger partial charge in [-0.3, -0.25) is 9.59 Å². The van der Waals surface area contributed by atoms with E-state index in [1.54, 1.807) is 37.5 Å². The average Bonchev–Trinajstić information content (AvgIpc) is 3.22. The first-order chi connectivity index (χ1) is 15.9. The van der Waals surface area contributed by atoms with Crippen molar-refractivity contribution < 1.29 is 14.3 Å². The van der Waals surface area contributed by atoms with Crippen LogP contribution in [-0.2, 0) is 11.3 Å². The fourth-order valence-electron chi connectivity index (χ4n) is 3.08. The largest absolute Gasteiger partial charge is 0.497 e. The first-order valence-corrected chi connectivity index (χ1v) is 11.4. The van der Waals surface area contributed by atoms with Gasteiger partial charge in [0.25, 0.3) is 5.91 Å². The lowest BCUT2D eigenvalue weighted by Crippen LogP contribution is -2.28. The maximum atomic E-state index is 12.6. The van der Waals surface area contributed by atoms with Gasteiger partial charge >= 0.3 is 0 Å². The number of carbonyl (C=O) groups excluding carboxylic acids is 2. The van der Waals surface area contributed by atoms with E-state index in [4.69, 9.17) is 4.74 Å². The normalized spacial score (nSPS) is 11.5. The van der Waals surface area contributed by atoms with Crippen molar-refractivity contribution in [2.24, 2.45) is 0 Å². The number of nitrogens with zero attached hydrogens (tertiary/aromatic N) is 3. The number of carbonyl (C=O) groups is 2. The van der Waals surface area contributed by atoms with Gasteiger partial charge in [-0.05, 0) is 50.2 Å². The van der Waals surface area contributed by atoms with E-state index in [0.717, 1.165) is 11.3 Å². The molecule has 1 aromatic heterocycles. The molecule has 0 aliphatic carbocycles. The van der Waals surface area contributed by atoms with Crippen LogP contribution in [0.5, 0.6) is 5.75 Å². The zero-order chi connectivity index (χ0) is 23.8. The molecule has 0 radical (unpaired) electrons. The van der Waals surface area contributed by atoms with Crippen LogP contribution in [0.4, 0.5) is 5.69 Å². The molecule has 0 saturated heterocycles. The smallest absolute Gasteiger partial charge is 0.251 e. The molecule has 2 amide bonds. The Labute approximate surface area is 197 Å². The lowest BCUT2D eigenvalue weighted by molar-refractivity contribution is -0.113. The fourth-order valence-corrected chi connectivity index (χ4v) is 3.83. The molecule has 0 aliphatic heterocycles. The highest BCUT2D eigenvalue weighted by Gasteiger charge is 2.20. The molecule has 0 unspecified atom stereocenters. The van der Waals surface area contributed by atoms with Crippen LogP contribution >= 0.6 is 11.8 Å². The third kappa shape index (κ3) is 6.45. The van der Waals surface area contributed by atoms with Gasteiger partial charge in [0, 0.05) is 17.8 Å². The van der Waals surface area contributed by atoms with Gasteiger partial charge in [0.15, 0.2) is 11.0 Å². The van der Waals surface area contributed by atoms with E-state index in [2.05, 4.69) is 27.4 Å². The molecule has 8 nitrogen and oxygen atoms in total. The molecule has 172 valence electrons. The number of thioether (sulfide) groups is 1. The fraction of sp³-hybridized carbons (Fsp3) is 0.250. The van der Waals surface area contributed by atoms with Crippen LogP contribution in [-0.4, -0.2) is 39.4 Å². The Bertz CT molecular complexity index is 1110. The average molecular weight is 466 g/mol. The Balaban J connectivity index is 1.64. The van der Waals surface area contributed by atoms with Crippen LogP contribution in [0.2, 0.25) is 0 Å². The van der Waals surface area contributed by atoms with Gasteiger partial charge in [-0.1, -0.05) is 35.5 Å². The Morgan fingerprint density at radius 3 is 2.48 bits per heavy atom. The van der Waals surface area contributed by atoms with Gasteiger partial charge in [0.05, 0.1) is 18.9 Å². The molecule has 0 aliphatic rings. The molecule has 0 spiro atoms. The number of aromatic nitrogens is 3. The first-order valence-electron chi connectivity index (χ1n) is 10.4. The second-order valence-electron chi connectivity index (χ2n) is 7.37. The third-order valence-corrected chi connectivity index (χ3v) is 5.78. The minimum Gasteiger partial charge on any atom is -0.497 e. The van der Waals surface area contributed by atoms with E-state index in [9.17, 15) is 9.59 Å². The van der Waals surface area contributed by atoms with E-state index in [-0.39, 0.29) is 17.6 Å². The molecule has 9 heteroatoms. The standard InChI is InChI=1S/C24H27N5O3S/c1-5-14-29-22(17(3)25-23(31)18-8-12-20(32-4)13-9-18)27-28-24(29)33-15-21(30)26-19-10-6-16(2)7-11-19/h5-13,17H,1,14-15H2,2-4H3,(H,25,31)(H,26,30)/t17-/m1/s1. The lowest BCUT2D eigenvalue weighted by atomic mass is 10.2. The molecule has 2 aromatic carbocycles. The summed E-state index contributed by atoms with van der Waals surface area (Å²) >= 11 is 1.28. The third-order valence-electron chi connectivity index (χ3n) is 4.81. The van der Waals surface area contributed by atoms with Gasteiger partial charge in [-0.2, -0.15) is 0 Å². The van der Waals surface area contributed by atoms with Gasteiger partial charge in [0.2, 0.25) is 5.91 Å². The molecule has 1 heterocycles. The summed E-state index contributed by atoms with van der Waals surface area (Å²) in [5.41, 5.74) is 2.38. The van der Waals surface area contributed by atoms with E-state index in [1.807, 2.05) is 42.7 Å². The molecule has 3 aromatic rings. The highest BCUT2D eigenvalue weighted by molar-refractivity contribution is 7.99. The van der Waals surface area contributed by atoms with E-state index < -0.39 is 6.04 Å². The van der Waals surface area contributed by atoms with Crippen molar-refractivity contribution in [2.45, 2.75) is 31.6 Å². The number of nitrogens with one attached hydrogen (secondary N) is 2. The minimum absolute atomic E-state index is 0.139. The zero-order valence-corrected chi connectivity index (χ0v) is 19.7. The number of benzene rings is 2. The van der Waals surface area contributed by atoms with Crippen LogP contribution in [0.1, 0.15) is 34.7 Å². The predicted octanol–water partition coefficient (Wildman–Crippen LogP) is 4.00. The summed E-state index contributed by atoms with van der Waals surface area (Å²) < 4.78 is 6.97. The highest BCUT2D eigenvalue weighted by atomic mass is 32.2. The molecular formula is C24H27N5O3S. The highest BCUT2D eigenvalue weighted by Crippen LogP contribution is 2.22. The predicted molar refractivity (Wildman–Crippen MR) is 130 cm³/mol. The van der Waals surface area contributed by atoms with Crippen molar-refractivity contribution in [1.29, 1.82) is 0 Å². The maximum Gasteiger partial charge on any atom is 0.251 e. The summed E-state index contributed by atoms with van der Waals surface area (Å²) in [4.78, 5) is 25.0. The van der Waals surface area contributed by atoms with E-state index in [1.165, 1.54) is 11.8 Å². The molecular weight excluding hydrogens is 438 g/mol. The second-order valence-corrected chi connectivity index (χ2v) is 8.31. The Morgan fingerprint density at radius 2 is 1.85 bits per heavy atom. The van der Waals surface area contributed by atoms with Crippen LogP contribution < -0.4 is 15.4 Å². The van der Waals surface area contributed by atoms with E-state index in [0.29, 0.717) is 28.8 Å². The van der Waals surface area contributed by atoms with Crippen molar-refractivity contribution in [3.05, 3.63) is 78.1 Å². The van der Waals surface area contributed by atoms with Crippen molar-refractivity contribution in [3.8, 4) is 5.75 Å². The SMILES string of the molecule is C=CCn1c(SCC(=O)Nc2ccc(C)cc2)nnc1[C@@H](C)NC(=O)c1ccc(OC)cc1. The maximum absolute atomic E-state index is 12.6. The second kappa shape index (κ2) is 11.3. The van der Waals surface area contributed by atoms with Crippen molar-refractivity contribution >= 4 is 29.3 Å². The van der Waals surface area contributed by atoms with Crippen molar-refractivity contribution in [3.63, 3.8) is 0 Å². The number of rotatable bonds is 10. The number of anilines is 1. The van der Waals surface area contributed by atoms with Gasteiger partial charge < -0.3 is 19.9 Å². The van der Waals surface area contributed by atoms with Gasteiger partial charge in [-0.25, -0.2) is 0 Å². The number of allylic oxidation sites excluding steroid dienone is 1. The van der Waals surface area contributed by atoms with Crippen LogP contribution in [0, 0.1) is 6.92 Å². The summed E-state index contributed by atoms with van der Waals surface area (Å²) in [6.07, 6.45) is 1.72. The monoisotopic (exact) mass is 465 g/mol. The minimum atomic E-state index is -0.400. The molecule has 3 rings (SSSR count). The van der Waals surface area contributed by atoms with Crippen molar-refractivity contribution in [2.75, 3.05) is 18.2 Å². The summed E-state index contributed by atoms with van der Waals surface area (Å²) in [6.45, 7) is 8.08. The molecule has 0 saturated carbocycles. The number of amides is 2. The summed E-state index contributed by atoms with van der Waals surface area (Å²) in [5, 5.41) is 14.9. The molecule has 0 fully saturated rings. The quantitative estimate of drug-likeness (QED) is 0.347. The summed E-state index contributed by atoms with van der Waals surface area (Å²) in [7, 11) is 1.57. The van der Waals surface area contributed by atoms with Crippen molar-refractivity contribution in [1.82, 2.24) is 20.1 Å². The first kappa shape index (κ1) is 24.1.